The number of sulfonamides is 1. The van der Waals surface area contributed by atoms with E-state index in [0.717, 1.165) is 6.07 Å². The highest BCUT2D eigenvalue weighted by Crippen LogP contribution is 2.28. The number of carbonyl (C=O) groups excluding carboxylic acids is 1. The average molecular weight is 478 g/mol. The number of anilines is 1. The lowest BCUT2D eigenvalue weighted by atomic mass is 10.2. The minimum Gasteiger partial charge on any atom is -0.379 e. The molecule has 10 heteroatoms. The molecule has 0 unspecified atom stereocenters. The number of hydrogen-bond acceptors (Lipinski definition) is 4. The molecule has 0 bridgehead atoms. The number of amides is 1. The Kier molecular flexibility index (Phi) is 6.17. The topological polar surface area (TPSA) is 75.7 Å². The third kappa shape index (κ3) is 4.49. The molecule has 144 valence electrons. The highest BCUT2D eigenvalue weighted by Gasteiger charge is 2.28. The lowest BCUT2D eigenvalue weighted by molar-refractivity contribution is 0.0730. The molecule has 1 fully saturated rings. The molecule has 0 saturated carbocycles. The van der Waals surface area contributed by atoms with Crippen LogP contribution in [-0.2, 0) is 14.8 Å². The van der Waals surface area contributed by atoms with E-state index in [4.69, 9.17) is 16.3 Å². The van der Waals surface area contributed by atoms with Crippen molar-refractivity contribution in [3.63, 3.8) is 0 Å². The van der Waals surface area contributed by atoms with Crippen LogP contribution in [0.1, 0.15) is 10.4 Å². The van der Waals surface area contributed by atoms with Crippen LogP contribution in [-0.4, -0.2) is 44.9 Å². The Morgan fingerprint density at radius 2 is 1.89 bits per heavy atom. The van der Waals surface area contributed by atoms with Crippen molar-refractivity contribution in [3.8, 4) is 0 Å². The highest BCUT2D eigenvalue weighted by atomic mass is 79.9. The Morgan fingerprint density at radius 1 is 1.19 bits per heavy atom. The van der Waals surface area contributed by atoms with E-state index in [-0.39, 0.29) is 34.3 Å². The van der Waals surface area contributed by atoms with Crippen molar-refractivity contribution < 1.29 is 22.3 Å². The molecule has 1 aliphatic rings. The molecule has 0 atom stereocenters. The Balaban J connectivity index is 1.89. The minimum absolute atomic E-state index is 0.0353. The van der Waals surface area contributed by atoms with E-state index in [0.29, 0.717) is 17.7 Å². The molecule has 1 aliphatic heterocycles. The number of morpholine rings is 1. The van der Waals surface area contributed by atoms with Gasteiger partial charge in [0.15, 0.2) is 0 Å². The number of nitrogens with one attached hydrogen (secondary N) is 1. The first-order valence-electron chi connectivity index (χ1n) is 7.93. The normalized spacial score (nSPS) is 15.5. The molecule has 1 saturated heterocycles. The van der Waals surface area contributed by atoms with E-state index in [1.54, 1.807) is 0 Å². The van der Waals surface area contributed by atoms with Crippen molar-refractivity contribution >= 4 is 49.1 Å². The Morgan fingerprint density at radius 3 is 2.59 bits per heavy atom. The summed E-state index contributed by atoms with van der Waals surface area (Å²) in [7, 11) is -3.84. The summed E-state index contributed by atoms with van der Waals surface area (Å²) >= 11 is 9.27. The lowest BCUT2D eigenvalue weighted by Crippen LogP contribution is -2.40. The van der Waals surface area contributed by atoms with Gasteiger partial charge in [0, 0.05) is 23.2 Å². The molecule has 0 radical (unpaired) electrons. The van der Waals surface area contributed by atoms with Crippen molar-refractivity contribution in [1.82, 2.24) is 4.31 Å². The summed E-state index contributed by atoms with van der Waals surface area (Å²) in [6, 6.07) is 8.07. The van der Waals surface area contributed by atoms with Gasteiger partial charge in [-0.05, 0) is 36.4 Å². The maximum absolute atomic E-state index is 13.9. The molecule has 2 aromatic rings. The molecule has 0 aliphatic carbocycles. The van der Waals surface area contributed by atoms with Crippen LogP contribution in [0.15, 0.2) is 45.8 Å². The summed E-state index contributed by atoms with van der Waals surface area (Å²) < 4.78 is 46.5. The molecule has 3 rings (SSSR count). The Bertz CT molecular complexity index is 981. The smallest absolute Gasteiger partial charge is 0.258 e. The maximum atomic E-state index is 13.9. The first-order valence-corrected chi connectivity index (χ1v) is 10.5. The van der Waals surface area contributed by atoms with Crippen molar-refractivity contribution in [3.05, 3.63) is 57.3 Å². The summed E-state index contributed by atoms with van der Waals surface area (Å²) in [6.45, 7) is 1.04. The summed E-state index contributed by atoms with van der Waals surface area (Å²) in [5.41, 5.74) is 0.0209. The number of nitrogens with zero attached hydrogens (tertiary/aromatic N) is 1. The predicted molar refractivity (Wildman–Crippen MR) is 103 cm³/mol. The van der Waals surface area contributed by atoms with Gasteiger partial charge in [0.25, 0.3) is 5.91 Å². The largest absolute Gasteiger partial charge is 0.379 e. The molecular formula is C17H15BrClFN2O4S. The maximum Gasteiger partial charge on any atom is 0.258 e. The number of hydrogen-bond donors (Lipinski definition) is 1. The first-order chi connectivity index (χ1) is 12.8. The summed E-state index contributed by atoms with van der Waals surface area (Å²) in [4.78, 5) is 12.2. The molecule has 0 spiro atoms. The molecule has 1 heterocycles. The van der Waals surface area contributed by atoms with Crippen molar-refractivity contribution in [2.45, 2.75) is 4.90 Å². The zero-order chi connectivity index (χ0) is 19.6. The molecular weight excluding hydrogens is 463 g/mol. The molecule has 2 aromatic carbocycles. The third-order valence-electron chi connectivity index (χ3n) is 3.95. The quantitative estimate of drug-likeness (QED) is 0.731. The van der Waals surface area contributed by atoms with Crippen molar-refractivity contribution in [1.29, 1.82) is 0 Å². The first kappa shape index (κ1) is 20.2. The standard InChI is InChI=1S/C17H15BrClFN2O4S/c18-11-1-4-15(20)13(9-11)17(23)21-12-2-3-14(19)16(10-12)27(24,25)22-5-7-26-8-6-22/h1-4,9-10H,5-8H2,(H,21,23). The van der Waals surface area contributed by atoms with Gasteiger partial charge >= 0.3 is 0 Å². The van der Waals surface area contributed by atoms with E-state index >= 15 is 0 Å². The third-order valence-corrected chi connectivity index (χ3v) is 6.82. The van der Waals surface area contributed by atoms with E-state index < -0.39 is 21.7 Å². The van der Waals surface area contributed by atoms with Gasteiger partial charge < -0.3 is 10.1 Å². The van der Waals surface area contributed by atoms with E-state index in [2.05, 4.69) is 21.2 Å². The zero-order valence-corrected chi connectivity index (χ0v) is 17.1. The zero-order valence-electron chi connectivity index (χ0n) is 13.9. The predicted octanol–water partition coefficient (Wildman–Crippen LogP) is 3.51. The summed E-state index contributed by atoms with van der Waals surface area (Å²) in [6.07, 6.45) is 0. The van der Waals surface area contributed by atoms with Gasteiger partial charge in [0.05, 0.1) is 23.8 Å². The number of carbonyl (C=O) groups is 1. The van der Waals surface area contributed by atoms with E-state index in [9.17, 15) is 17.6 Å². The van der Waals surface area contributed by atoms with Gasteiger partial charge in [0.2, 0.25) is 10.0 Å². The number of rotatable bonds is 4. The molecule has 6 nitrogen and oxygen atoms in total. The number of halogens is 3. The van der Waals surface area contributed by atoms with Gasteiger partial charge in [-0.25, -0.2) is 12.8 Å². The second-order valence-corrected chi connectivity index (χ2v) is 8.97. The summed E-state index contributed by atoms with van der Waals surface area (Å²) in [5.74, 6) is -1.39. The SMILES string of the molecule is O=C(Nc1ccc(Cl)c(S(=O)(=O)N2CCOCC2)c1)c1cc(Br)ccc1F. The van der Waals surface area contributed by atoms with Crippen LogP contribution in [0.4, 0.5) is 10.1 Å². The molecule has 1 amide bonds. The van der Waals surface area contributed by atoms with Crippen LogP contribution in [0.3, 0.4) is 0 Å². The Hall–Kier alpha value is -1.52. The number of ether oxygens (including phenoxy) is 1. The van der Waals surface area contributed by atoms with Gasteiger partial charge in [-0.15, -0.1) is 0 Å². The fourth-order valence-corrected chi connectivity index (χ4v) is 4.84. The number of benzene rings is 2. The molecule has 0 aromatic heterocycles. The van der Waals surface area contributed by atoms with Gasteiger partial charge in [-0.3, -0.25) is 4.79 Å². The van der Waals surface area contributed by atoms with Gasteiger partial charge in [-0.2, -0.15) is 4.31 Å². The second-order valence-electron chi connectivity index (χ2n) is 5.74. The van der Waals surface area contributed by atoms with Crippen molar-refractivity contribution in [2.24, 2.45) is 0 Å². The van der Waals surface area contributed by atoms with Crippen LogP contribution in [0, 0.1) is 5.82 Å². The van der Waals surface area contributed by atoms with Gasteiger partial charge in [-0.1, -0.05) is 27.5 Å². The van der Waals surface area contributed by atoms with Crippen LogP contribution in [0.25, 0.3) is 0 Å². The second kappa shape index (κ2) is 8.24. The fourth-order valence-electron chi connectivity index (χ4n) is 2.57. The van der Waals surface area contributed by atoms with E-state index in [1.165, 1.54) is 34.6 Å². The van der Waals surface area contributed by atoms with E-state index in [1.807, 2.05) is 0 Å². The monoisotopic (exact) mass is 476 g/mol. The molecule has 1 N–H and O–H groups in total. The summed E-state index contributed by atoms with van der Waals surface area (Å²) in [5, 5.41) is 2.54. The van der Waals surface area contributed by atoms with Crippen LogP contribution >= 0.6 is 27.5 Å². The van der Waals surface area contributed by atoms with Crippen molar-refractivity contribution in [2.75, 3.05) is 31.6 Å². The average Bonchev–Trinajstić information content (AvgIpc) is 2.65. The fraction of sp³-hybridized carbons (Fsp3) is 0.235. The molecule has 27 heavy (non-hydrogen) atoms. The van der Waals surface area contributed by atoms with Crippen LogP contribution in [0.2, 0.25) is 5.02 Å². The minimum atomic E-state index is -3.84. The van der Waals surface area contributed by atoms with Gasteiger partial charge in [0.1, 0.15) is 10.7 Å². The van der Waals surface area contributed by atoms with Crippen LogP contribution in [0.5, 0.6) is 0 Å². The lowest BCUT2D eigenvalue weighted by Gasteiger charge is -2.26. The Labute approximate surface area is 169 Å². The highest BCUT2D eigenvalue weighted by molar-refractivity contribution is 9.10. The van der Waals surface area contributed by atoms with Crippen LogP contribution < -0.4 is 5.32 Å².